The van der Waals surface area contributed by atoms with Crippen LogP contribution in [-0.4, -0.2) is 56.3 Å². The van der Waals surface area contributed by atoms with Crippen LogP contribution in [0.4, 0.5) is 0 Å². The minimum absolute atomic E-state index is 0.209. The van der Waals surface area contributed by atoms with E-state index >= 15 is 0 Å². The van der Waals surface area contributed by atoms with Crippen molar-refractivity contribution < 1.29 is 23.0 Å². The van der Waals surface area contributed by atoms with E-state index in [0.29, 0.717) is 36.0 Å². The van der Waals surface area contributed by atoms with Crippen molar-refractivity contribution in [1.82, 2.24) is 18.7 Å². The number of hydrogen-bond acceptors (Lipinski definition) is 7. The summed E-state index contributed by atoms with van der Waals surface area (Å²) in [6, 6.07) is 5.66. The zero-order chi connectivity index (χ0) is 27.2. The van der Waals surface area contributed by atoms with Gasteiger partial charge < -0.3 is 14.6 Å². The molecular formula is C29H32N4O5S. The Labute approximate surface area is 228 Å². The molecule has 1 saturated heterocycles. The number of aromatic nitrogens is 4. The average Bonchev–Trinajstić information content (AvgIpc) is 3.58. The first kappa shape index (κ1) is 25.9. The molecule has 4 heterocycles. The predicted molar refractivity (Wildman–Crippen MR) is 147 cm³/mol. The van der Waals surface area contributed by atoms with Gasteiger partial charge in [-0.15, -0.1) is 0 Å². The first-order chi connectivity index (χ1) is 18.7. The van der Waals surface area contributed by atoms with E-state index < -0.39 is 20.9 Å². The molecule has 0 aromatic carbocycles. The molecule has 2 fully saturated rings. The maximum atomic E-state index is 14.1. The molecule has 3 aliphatic rings. The third-order valence-corrected chi connectivity index (χ3v) is 9.88. The highest BCUT2D eigenvalue weighted by atomic mass is 32.2. The number of hydrogen-bond donors (Lipinski definition) is 1. The summed E-state index contributed by atoms with van der Waals surface area (Å²) in [5, 5.41) is 15.2. The number of allylic oxidation sites excluding steroid dienone is 2. The third-order valence-electron chi connectivity index (χ3n) is 7.55. The van der Waals surface area contributed by atoms with Crippen LogP contribution in [0.15, 0.2) is 54.6 Å². The topological polar surface area (TPSA) is 108 Å². The van der Waals surface area contributed by atoms with E-state index in [-0.39, 0.29) is 18.0 Å². The van der Waals surface area contributed by atoms with Gasteiger partial charge in [0.05, 0.1) is 12.2 Å². The van der Waals surface area contributed by atoms with Gasteiger partial charge >= 0.3 is 0 Å². The Bertz CT molecular complexity index is 1630. The summed E-state index contributed by atoms with van der Waals surface area (Å²) in [6.07, 6.45) is 12.1. The molecule has 39 heavy (non-hydrogen) atoms. The van der Waals surface area contributed by atoms with Crippen LogP contribution >= 0.6 is 0 Å². The molecule has 3 aromatic heterocycles. The van der Waals surface area contributed by atoms with Crippen LogP contribution < -0.4 is 4.74 Å². The normalized spacial score (nSPS) is 22.8. The number of rotatable bonds is 6. The molecule has 0 spiro atoms. The van der Waals surface area contributed by atoms with Gasteiger partial charge in [-0.2, -0.15) is 5.10 Å². The molecular weight excluding hydrogens is 516 g/mol. The zero-order valence-electron chi connectivity index (χ0n) is 22.1. The lowest BCUT2D eigenvalue weighted by atomic mass is 9.96. The molecule has 1 unspecified atom stereocenters. The number of nitrogens with zero attached hydrogens (tertiary/aromatic N) is 4. The van der Waals surface area contributed by atoms with Crippen molar-refractivity contribution in [2.24, 2.45) is 0 Å². The number of ether oxygens (including phenoxy) is 2. The minimum Gasteiger partial charge on any atom is -0.454 e. The standard InChI is InChI=1S/C29H32N4O5S/c1-20(34)5-6-24-18-22-4-3-15-30-28(22)33(24)39(35,36)29(2)13-9-25(10-14-29)38-26-19-32(23-7-8-23)31-27(26)21-11-16-37-17-12-21/h3-4,9-10,13,15,18-21,23,34H,7-8,11-12,14,16-17H2,1-2H3/t20-,29?/m0/s1. The molecule has 0 bridgehead atoms. The molecule has 204 valence electrons. The van der Waals surface area contributed by atoms with Gasteiger partial charge in [0, 0.05) is 30.7 Å². The van der Waals surface area contributed by atoms with Gasteiger partial charge in [-0.3, -0.25) is 4.68 Å². The summed E-state index contributed by atoms with van der Waals surface area (Å²) in [7, 11) is -3.99. The Kier molecular flexibility index (Phi) is 6.61. The van der Waals surface area contributed by atoms with Crippen LogP contribution in [0.1, 0.15) is 69.3 Å². The van der Waals surface area contributed by atoms with Crippen LogP contribution in [0.3, 0.4) is 0 Å². The van der Waals surface area contributed by atoms with E-state index in [2.05, 4.69) is 16.8 Å². The molecule has 1 aliphatic heterocycles. The summed E-state index contributed by atoms with van der Waals surface area (Å²) in [4.78, 5) is 4.34. The van der Waals surface area contributed by atoms with Crippen LogP contribution in [0.25, 0.3) is 11.0 Å². The van der Waals surface area contributed by atoms with Crippen molar-refractivity contribution in [3.63, 3.8) is 0 Å². The van der Waals surface area contributed by atoms with Crippen molar-refractivity contribution in [2.45, 2.75) is 68.8 Å². The molecule has 10 heteroatoms. The Morgan fingerprint density at radius 2 is 2.05 bits per heavy atom. The number of aliphatic hydroxyl groups is 1. The lowest BCUT2D eigenvalue weighted by molar-refractivity contribution is 0.0839. The van der Waals surface area contributed by atoms with Crippen LogP contribution in [-0.2, 0) is 14.8 Å². The van der Waals surface area contributed by atoms with Crippen LogP contribution in [0.2, 0.25) is 0 Å². The molecule has 0 radical (unpaired) electrons. The number of aliphatic hydroxyl groups excluding tert-OH is 1. The van der Waals surface area contributed by atoms with Gasteiger partial charge in [0.2, 0.25) is 0 Å². The predicted octanol–water partition coefficient (Wildman–Crippen LogP) is 4.05. The van der Waals surface area contributed by atoms with Gasteiger partial charge in [0.1, 0.15) is 28.0 Å². The molecule has 1 saturated carbocycles. The Morgan fingerprint density at radius 3 is 2.74 bits per heavy atom. The second-order valence-electron chi connectivity index (χ2n) is 10.7. The fourth-order valence-electron chi connectivity index (χ4n) is 5.07. The second kappa shape index (κ2) is 9.97. The molecule has 0 amide bonds. The fraction of sp³-hybridized carbons (Fsp3) is 0.448. The minimum atomic E-state index is -3.99. The SMILES string of the molecule is C[C@H](O)C#Cc1cc2cccnc2n1S(=O)(=O)C1(C)C=CC(Oc2cn(C3CC3)nc2C2CCOCC2)=CC1. The monoisotopic (exact) mass is 548 g/mol. The van der Waals surface area contributed by atoms with E-state index in [4.69, 9.17) is 14.6 Å². The Morgan fingerprint density at radius 1 is 1.26 bits per heavy atom. The summed E-state index contributed by atoms with van der Waals surface area (Å²) < 4.78 is 42.1. The first-order valence-corrected chi connectivity index (χ1v) is 14.8. The maximum Gasteiger partial charge on any atom is 0.250 e. The molecule has 2 atom stereocenters. The average molecular weight is 549 g/mol. The number of pyridine rings is 1. The Balaban J connectivity index is 1.29. The van der Waals surface area contributed by atoms with E-state index in [1.807, 2.05) is 17.0 Å². The van der Waals surface area contributed by atoms with Gasteiger partial charge in [-0.25, -0.2) is 17.4 Å². The number of fused-ring (bicyclic) bond motifs is 1. The third kappa shape index (κ3) is 4.91. The van der Waals surface area contributed by atoms with E-state index in [1.165, 1.54) is 10.9 Å². The van der Waals surface area contributed by atoms with Crippen molar-refractivity contribution in [3.8, 4) is 17.6 Å². The van der Waals surface area contributed by atoms with Gasteiger partial charge in [-0.05, 0) is 82.2 Å². The highest BCUT2D eigenvalue weighted by Gasteiger charge is 2.41. The van der Waals surface area contributed by atoms with E-state index in [1.54, 1.807) is 43.5 Å². The Hall–Kier alpha value is -3.39. The molecule has 9 nitrogen and oxygen atoms in total. The molecule has 2 aliphatic carbocycles. The van der Waals surface area contributed by atoms with Gasteiger partial charge in [0.15, 0.2) is 11.4 Å². The molecule has 6 rings (SSSR count). The lowest BCUT2D eigenvalue weighted by Crippen LogP contribution is -2.39. The van der Waals surface area contributed by atoms with Crippen LogP contribution in [0.5, 0.6) is 5.75 Å². The summed E-state index contributed by atoms with van der Waals surface area (Å²) in [5.74, 6) is 7.08. The fourth-order valence-corrected chi connectivity index (χ4v) is 6.76. The second-order valence-corrected chi connectivity index (χ2v) is 12.9. The van der Waals surface area contributed by atoms with E-state index in [9.17, 15) is 13.5 Å². The molecule has 1 N–H and O–H groups in total. The van der Waals surface area contributed by atoms with Crippen molar-refractivity contribution in [2.75, 3.05) is 13.2 Å². The summed E-state index contributed by atoms with van der Waals surface area (Å²) in [5.41, 5.74) is 1.52. The van der Waals surface area contributed by atoms with Crippen molar-refractivity contribution in [1.29, 1.82) is 0 Å². The smallest absolute Gasteiger partial charge is 0.250 e. The van der Waals surface area contributed by atoms with Crippen molar-refractivity contribution in [3.05, 3.63) is 66.0 Å². The highest BCUT2D eigenvalue weighted by molar-refractivity contribution is 7.91. The summed E-state index contributed by atoms with van der Waals surface area (Å²) in [6.45, 7) is 4.65. The zero-order valence-corrected chi connectivity index (χ0v) is 22.9. The van der Waals surface area contributed by atoms with Gasteiger partial charge in [-0.1, -0.05) is 12.0 Å². The van der Waals surface area contributed by atoms with Crippen molar-refractivity contribution >= 4 is 21.1 Å². The van der Waals surface area contributed by atoms with Gasteiger partial charge in [0.25, 0.3) is 10.0 Å². The largest absolute Gasteiger partial charge is 0.454 e. The maximum absolute atomic E-state index is 14.1. The lowest BCUT2D eigenvalue weighted by Gasteiger charge is -2.28. The quantitative estimate of drug-likeness (QED) is 0.463. The first-order valence-electron chi connectivity index (χ1n) is 13.4. The molecule has 3 aromatic rings. The van der Waals surface area contributed by atoms with Crippen LogP contribution in [0, 0.1) is 11.8 Å². The highest BCUT2D eigenvalue weighted by Crippen LogP contribution is 2.40. The van der Waals surface area contributed by atoms with E-state index in [0.717, 1.165) is 37.1 Å². The summed E-state index contributed by atoms with van der Waals surface area (Å²) >= 11 is 0.